The highest BCUT2D eigenvalue weighted by atomic mass is 16.5. The van der Waals surface area contributed by atoms with Crippen LogP contribution < -0.4 is 19.6 Å². The van der Waals surface area contributed by atoms with Crippen LogP contribution in [0.4, 0.5) is 0 Å². The van der Waals surface area contributed by atoms with Crippen molar-refractivity contribution in [2.75, 3.05) is 21.3 Å². The molecule has 0 aliphatic rings. The molecule has 0 aromatic heterocycles. The maximum atomic E-state index is 11.9. The molecule has 120 valence electrons. The van der Waals surface area contributed by atoms with Crippen molar-refractivity contribution in [3.8, 4) is 17.2 Å². The Labute approximate surface area is 134 Å². The molecule has 6 heteroatoms. The maximum Gasteiger partial charge on any atom is 0.271 e. The van der Waals surface area contributed by atoms with E-state index in [1.165, 1.54) is 20.4 Å². The molecule has 2 rings (SSSR count). The Morgan fingerprint density at radius 2 is 1.65 bits per heavy atom. The van der Waals surface area contributed by atoms with Gasteiger partial charge in [0.25, 0.3) is 5.91 Å². The van der Waals surface area contributed by atoms with Gasteiger partial charge in [-0.15, -0.1) is 0 Å². The smallest absolute Gasteiger partial charge is 0.271 e. The average Bonchev–Trinajstić information content (AvgIpc) is 2.61. The van der Waals surface area contributed by atoms with E-state index >= 15 is 0 Å². The molecule has 6 nitrogen and oxygen atoms in total. The van der Waals surface area contributed by atoms with Gasteiger partial charge in [-0.3, -0.25) is 4.79 Å². The van der Waals surface area contributed by atoms with Crippen molar-refractivity contribution in [2.24, 2.45) is 5.10 Å². The number of ether oxygens (including phenoxy) is 3. The minimum atomic E-state index is -0.290. The molecule has 23 heavy (non-hydrogen) atoms. The molecule has 0 atom stereocenters. The van der Waals surface area contributed by atoms with E-state index in [2.05, 4.69) is 10.5 Å². The minimum absolute atomic E-state index is 0.290. The van der Waals surface area contributed by atoms with E-state index in [1.807, 2.05) is 6.07 Å². The molecule has 2 aromatic carbocycles. The minimum Gasteiger partial charge on any atom is -0.493 e. The van der Waals surface area contributed by atoms with Crippen LogP contribution >= 0.6 is 0 Å². The molecule has 0 heterocycles. The summed E-state index contributed by atoms with van der Waals surface area (Å²) < 4.78 is 15.9. The summed E-state index contributed by atoms with van der Waals surface area (Å²) in [6.45, 7) is 0. The molecule has 1 N–H and O–H groups in total. The monoisotopic (exact) mass is 314 g/mol. The van der Waals surface area contributed by atoms with Crippen molar-refractivity contribution in [2.45, 2.75) is 0 Å². The molecule has 1 amide bonds. The van der Waals surface area contributed by atoms with Crippen LogP contribution in [0.25, 0.3) is 0 Å². The highest BCUT2D eigenvalue weighted by Crippen LogP contribution is 2.38. The van der Waals surface area contributed by atoms with Crippen LogP contribution in [0.1, 0.15) is 15.9 Å². The van der Waals surface area contributed by atoms with Gasteiger partial charge in [0.1, 0.15) is 0 Å². The Morgan fingerprint density at radius 3 is 2.26 bits per heavy atom. The van der Waals surface area contributed by atoms with E-state index in [9.17, 15) is 4.79 Å². The predicted molar refractivity (Wildman–Crippen MR) is 87.6 cm³/mol. The van der Waals surface area contributed by atoms with E-state index in [0.29, 0.717) is 28.4 Å². The van der Waals surface area contributed by atoms with Crippen LogP contribution in [-0.4, -0.2) is 33.5 Å². The van der Waals surface area contributed by atoms with Gasteiger partial charge in [-0.25, -0.2) is 5.43 Å². The number of amides is 1. The molecule has 2 aromatic rings. The SMILES string of the molecule is COc1ccc(/C=N\NC(=O)c2ccccc2)c(OC)c1OC. The van der Waals surface area contributed by atoms with Gasteiger partial charge in [-0.05, 0) is 24.3 Å². The van der Waals surface area contributed by atoms with Crippen LogP contribution in [0.5, 0.6) is 17.2 Å². The lowest BCUT2D eigenvalue weighted by atomic mass is 10.2. The van der Waals surface area contributed by atoms with Crippen molar-refractivity contribution >= 4 is 12.1 Å². The number of nitrogens with zero attached hydrogens (tertiary/aromatic N) is 1. The maximum absolute atomic E-state index is 11.9. The zero-order chi connectivity index (χ0) is 16.7. The van der Waals surface area contributed by atoms with E-state index < -0.39 is 0 Å². The largest absolute Gasteiger partial charge is 0.493 e. The Hall–Kier alpha value is -3.02. The summed E-state index contributed by atoms with van der Waals surface area (Å²) >= 11 is 0. The molecular weight excluding hydrogens is 296 g/mol. The number of methoxy groups -OCH3 is 3. The third kappa shape index (κ3) is 3.79. The molecule has 0 saturated heterocycles. The van der Waals surface area contributed by atoms with Crippen LogP contribution in [0.15, 0.2) is 47.6 Å². The third-order valence-corrected chi connectivity index (χ3v) is 3.14. The number of benzene rings is 2. The fraction of sp³-hybridized carbons (Fsp3) is 0.176. The van der Waals surface area contributed by atoms with E-state index in [1.54, 1.807) is 43.5 Å². The molecule has 0 unspecified atom stereocenters. The van der Waals surface area contributed by atoms with Gasteiger partial charge in [-0.2, -0.15) is 5.10 Å². The molecular formula is C17H18N2O4. The zero-order valence-corrected chi connectivity index (χ0v) is 13.2. The molecule has 0 aliphatic carbocycles. The first kappa shape index (κ1) is 16.4. The first-order chi connectivity index (χ1) is 11.2. The third-order valence-electron chi connectivity index (χ3n) is 3.14. The van der Waals surface area contributed by atoms with E-state index in [4.69, 9.17) is 14.2 Å². The summed E-state index contributed by atoms with van der Waals surface area (Å²) in [5.41, 5.74) is 3.65. The second kappa shape index (κ2) is 7.84. The number of carbonyl (C=O) groups excluding carboxylic acids is 1. The van der Waals surface area contributed by atoms with Gasteiger partial charge in [0, 0.05) is 11.1 Å². The fourth-order valence-corrected chi connectivity index (χ4v) is 2.04. The molecule has 0 fully saturated rings. The molecule has 0 spiro atoms. The first-order valence-electron chi connectivity index (χ1n) is 6.88. The van der Waals surface area contributed by atoms with E-state index in [0.717, 1.165) is 0 Å². The van der Waals surface area contributed by atoms with Crippen molar-refractivity contribution in [3.05, 3.63) is 53.6 Å². The number of rotatable bonds is 6. The van der Waals surface area contributed by atoms with Crippen LogP contribution in [0.2, 0.25) is 0 Å². The fourth-order valence-electron chi connectivity index (χ4n) is 2.04. The summed E-state index contributed by atoms with van der Waals surface area (Å²) in [6.07, 6.45) is 1.49. The van der Waals surface area contributed by atoms with Gasteiger partial charge in [-0.1, -0.05) is 18.2 Å². The van der Waals surface area contributed by atoms with Crippen LogP contribution in [0.3, 0.4) is 0 Å². The lowest BCUT2D eigenvalue weighted by Crippen LogP contribution is -2.17. The van der Waals surface area contributed by atoms with Crippen LogP contribution in [0, 0.1) is 0 Å². The number of hydrogen-bond acceptors (Lipinski definition) is 5. The highest BCUT2D eigenvalue weighted by Gasteiger charge is 2.14. The van der Waals surface area contributed by atoms with Gasteiger partial charge in [0.15, 0.2) is 11.5 Å². The molecule has 0 aliphatic heterocycles. The topological polar surface area (TPSA) is 69.2 Å². The summed E-state index contributed by atoms with van der Waals surface area (Å²) in [5, 5.41) is 3.96. The second-order valence-corrected chi connectivity index (χ2v) is 4.49. The molecule has 0 radical (unpaired) electrons. The Kier molecular flexibility index (Phi) is 5.57. The van der Waals surface area contributed by atoms with Crippen molar-refractivity contribution in [1.29, 1.82) is 0 Å². The lowest BCUT2D eigenvalue weighted by Gasteiger charge is -2.13. The predicted octanol–water partition coefficient (Wildman–Crippen LogP) is 2.48. The number of nitrogens with one attached hydrogen (secondary N) is 1. The summed E-state index contributed by atoms with van der Waals surface area (Å²) in [4.78, 5) is 11.9. The summed E-state index contributed by atoms with van der Waals surface area (Å²) in [7, 11) is 4.60. The van der Waals surface area contributed by atoms with Crippen LogP contribution in [-0.2, 0) is 0 Å². The number of carbonyl (C=O) groups is 1. The Bertz CT molecular complexity index is 699. The van der Waals surface area contributed by atoms with E-state index in [-0.39, 0.29) is 5.91 Å². The lowest BCUT2D eigenvalue weighted by molar-refractivity contribution is 0.0955. The Balaban J connectivity index is 2.18. The first-order valence-corrected chi connectivity index (χ1v) is 6.88. The highest BCUT2D eigenvalue weighted by molar-refractivity contribution is 5.95. The van der Waals surface area contributed by atoms with Crippen molar-refractivity contribution < 1.29 is 19.0 Å². The average molecular weight is 314 g/mol. The second-order valence-electron chi connectivity index (χ2n) is 4.49. The molecule has 0 saturated carbocycles. The van der Waals surface area contributed by atoms with Gasteiger partial charge < -0.3 is 14.2 Å². The summed E-state index contributed by atoms with van der Waals surface area (Å²) in [5.74, 6) is 1.20. The normalized spacial score (nSPS) is 10.4. The number of hydrazone groups is 1. The van der Waals surface area contributed by atoms with Gasteiger partial charge in [0.05, 0.1) is 27.5 Å². The number of hydrogen-bond donors (Lipinski definition) is 1. The van der Waals surface area contributed by atoms with Crippen molar-refractivity contribution in [1.82, 2.24) is 5.43 Å². The van der Waals surface area contributed by atoms with Gasteiger partial charge >= 0.3 is 0 Å². The standard InChI is InChI=1S/C17H18N2O4/c1-21-14-10-9-13(15(22-2)16(14)23-3)11-18-19-17(20)12-7-5-4-6-8-12/h4-11H,1-3H3,(H,19,20)/b18-11-. The quantitative estimate of drug-likeness (QED) is 0.657. The Morgan fingerprint density at radius 1 is 0.957 bits per heavy atom. The zero-order valence-electron chi connectivity index (χ0n) is 13.2. The summed E-state index contributed by atoms with van der Waals surface area (Å²) in [6, 6.07) is 12.3. The van der Waals surface area contributed by atoms with Crippen molar-refractivity contribution in [3.63, 3.8) is 0 Å². The van der Waals surface area contributed by atoms with Gasteiger partial charge in [0.2, 0.25) is 5.75 Å². The molecule has 0 bridgehead atoms.